The molecule has 1 N–H and O–H groups in total. The van der Waals surface area contributed by atoms with Crippen LogP contribution in [0.5, 0.6) is 5.75 Å². The van der Waals surface area contributed by atoms with Crippen LogP contribution in [0.2, 0.25) is 0 Å². The molecule has 72 valence electrons. The van der Waals surface area contributed by atoms with Gasteiger partial charge in [0.05, 0.1) is 0 Å². The van der Waals surface area contributed by atoms with E-state index in [9.17, 15) is 5.11 Å². The van der Waals surface area contributed by atoms with E-state index < -0.39 is 0 Å². The molecule has 1 heterocycles. The predicted molar refractivity (Wildman–Crippen MR) is 50.6 cm³/mol. The molecule has 3 rings (SSSR count). The van der Waals surface area contributed by atoms with Crippen molar-refractivity contribution in [2.45, 2.75) is 12.5 Å². The van der Waals surface area contributed by atoms with Crippen molar-refractivity contribution < 1.29 is 14.6 Å². The smallest absolute Gasteiger partial charge is 0.189 e. The first kappa shape index (κ1) is 7.88. The van der Waals surface area contributed by atoms with Crippen LogP contribution in [-0.2, 0) is 15.9 Å². The normalized spacial score (nSPS) is 23.4. The van der Waals surface area contributed by atoms with Gasteiger partial charge in [0.1, 0.15) is 17.6 Å². The SMILES string of the molecule is Oc1ccc2c(c1)CC1OCOC1=C2. The summed E-state index contributed by atoms with van der Waals surface area (Å²) in [4.78, 5) is 0. The second-order valence-corrected chi connectivity index (χ2v) is 3.55. The molecule has 1 aromatic carbocycles. The summed E-state index contributed by atoms with van der Waals surface area (Å²) in [5, 5.41) is 9.34. The maximum Gasteiger partial charge on any atom is 0.189 e. The molecule has 1 atom stereocenters. The van der Waals surface area contributed by atoms with Crippen molar-refractivity contribution in [3.05, 3.63) is 35.1 Å². The van der Waals surface area contributed by atoms with Gasteiger partial charge in [-0.05, 0) is 29.3 Å². The van der Waals surface area contributed by atoms with Crippen molar-refractivity contribution in [2.75, 3.05) is 6.79 Å². The Balaban J connectivity index is 2.09. The van der Waals surface area contributed by atoms with Gasteiger partial charge in [0, 0.05) is 6.42 Å². The minimum Gasteiger partial charge on any atom is -0.508 e. The van der Waals surface area contributed by atoms with Crippen LogP contribution in [0.4, 0.5) is 0 Å². The van der Waals surface area contributed by atoms with Gasteiger partial charge in [0.2, 0.25) is 0 Å². The number of hydrogen-bond acceptors (Lipinski definition) is 3. The van der Waals surface area contributed by atoms with E-state index in [1.54, 1.807) is 12.1 Å². The van der Waals surface area contributed by atoms with Gasteiger partial charge in [-0.25, -0.2) is 0 Å². The van der Waals surface area contributed by atoms with Crippen molar-refractivity contribution in [1.29, 1.82) is 0 Å². The van der Waals surface area contributed by atoms with E-state index >= 15 is 0 Å². The topological polar surface area (TPSA) is 38.7 Å². The van der Waals surface area contributed by atoms with Gasteiger partial charge in [-0.1, -0.05) is 6.07 Å². The zero-order chi connectivity index (χ0) is 9.54. The van der Waals surface area contributed by atoms with E-state index in [0.717, 1.165) is 23.3 Å². The number of rotatable bonds is 0. The number of fused-ring (bicyclic) bond motifs is 2. The zero-order valence-corrected chi connectivity index (χ0v) is 7.56. The van der Waals surface area contributed by atoms with Crippen LogP contribution >= 0.6 is 0 Å². The van der Waals surface area contributed by atoms with Gasteiger partial charge in [0.15, 0.2) is 6.79 Å². The molecule has 1 aliphatic carbocycles. The van der Waals surface area contributed by atoms with Crippen LogP contribution in [-0.4, -0.2) is 18.0 Å². The van der Waals surface area contributed by atoms with Crippen molar-refractivity contribution in [1.82, 2.24) is 0 Å². The third kappa shape index (κ3) is 1.09. The summed E-state index contributed by atoms with van der Waals surface area (Å²) in [6, 6.07) is 5.37. The average Bonchev–Trinajstić information content (AvgIpc) is 2.61. The second kappa shape index (κ2) is 2.75. The molecule has 2 aliphatic rings. The minimum absolute atomic E-state index is 0.0456. The van der Waals surface area contributed by atoms with Gasteiger partial charge in [0.25, 0.3) is 0 Å². The molecule has 0 saturated carbocycles. The molecular weight excluding hydrogens is 180 g/mol. The molecule has 1 saturated heterocycles. The maximum absolute atomic E-state index is 9.34. The van der Waals surface area contributed by atoms with Crippen LogP contribution in [0.25, 0.3) is 6.08 Å². The Kier molecular flexibility index (Phi) is 1.55. The van der Waals surface area contributed by atoms with Crippen molar-refractivity contribution in [2.24, 2.45) is 0 Å². The van der Waals surface area contributed by atoms with Crippen molar-refractivity contribution in [3.63, 3.8) is 0 Å². The Hall–Kier alpha value is -1.48. The summed E-state index contributed by atoms with van der Waals surface area (Å²) >= 11 is 0. The van der Waals surface area contributed by atoms with Crippen molar-refractivity contribution in [3.8, 4) is 5.75 Å². The number of benzene rings is 1. The van der Waals surface area contributed by atoms with E-state index in [0.29, 0.717) is 12.5 Å². The first-order valence-electron chi connectivity index (χ1n) is 4.61. The third-order valence-corrected chi connectivity index (χ3v) is 2.64. The Labute approximate surface area is 81.6 Å². The van der Waals surface area contributed by atoms with Crippen LogP contribution < -0.4 is 0 Å². The van der Waals surface area contributed by atoms with Gasteiger partial charge in [-0.15, -0.1) is 0 Å². The summed E-state index contributed by atoms with van der Waals surface area (Å²) in [5.74, 6) is 1.21. The fraction of sp³-hybridized carbons (Fsp3) is 0.273. The largest absolute Gasteiger partial charge is 0.508 e. The van der Waals surface area contributed by atoms with Gasteiger partial charge in [-0.3, -0.25) is 0 Å². The summed E-state index contributed by atoms with van der Waals surface area (Å²) in [7, 11) is 0. The molecule has 14 heavy (non-hydrogen) atoms. The average molecular weight is 190 g/mol. The molecular formula is C11H10O3. The first-order chi connectivity index (χ1) is 6.83. The molecule has 1 aromatic rings. The Morgan fingerprint density at radius 2 is 2.29 bits per heavy atom. The van der Waals surface area contributed by atoms with Crippen molar-refractivity contribution >= 4 is 6.08 Å². The van der Waals surface area contributed by atoms with Crippen LogP contribution in [0, 0.1) is 0 Å². The number of aromatic hydroxyl groups is 1. The number of ether oxygens (including phenoxy) is 2. The second-order valence-electron chi connectivity index (χ2n) is 3.55. The highest BCUT2D eigenvalue weighted by molar-refractivity contribution is 5.61. The highest BCUT2D eigenvalue weighted by atomic mass is 16.7. The Morgan fingerprint density at radius 1 is 1.36 bits per heavy atom. The van der Waals surface area contributed by atoms with Crippen LogP contribution in [0.3, 0.4) is 0 Å². The maximum atomic E-state index is 9.34. The Bertz CT molecular complexity index is 409. The molecule has 3 nitrogen and oxygen atoms in total. The molecule has 0 spiro atoms. The van der Waals surface area contributed by atoms with E-state index in [4.69, 9.17) is 9.47 Å². The van der Waals surface area contributed by atoms with E-state index in [1.807, 2.05) is 12.1 Å². The quantitative estimate of drug-likeness (QED) is 0.676. The van der Waals surface area contributed by atoms with E-state index in [1.165, 1.54) is 0 Å². The fourth-order valence-corrected chi connectivity index (χ4v) is 1.92. The highest BCUT2D eigenvalue weighted by Gasteiger charge is 2.28. The lowest BCUT2D eigenvalue weighted by Crippen LogP contribution is -2.15. The molecule has 1 unspecified atom stereocenters. The predicted octanol–water partition coefficient (Wildman–Crippen LogP) is 1.66. The van der Waals surface area contributed by atoms with Gasteiger partial charge >= 0.3 is 0 Å². The molecule has 1 aliphatic heterocycles. The number of hydrogen-bond donors (Lipinski definition) is 1. The molecule has 3 heteroatoms. The summed E-state index contributed by atoms with van der Waals surface area (Å²) in [5.41, 5.74) is 2.23. The molecule has 0 amide bonds. The number of phenols is 1. The molecule has 1 fully saturated rings. The molecule has 0 radical (unpaired) electrons. The van der Waals surface area contributed by atoms with Crippen LogP contribution in [0.1, 0.15) is 11.1 Å². The minimum atomic E-state index is 0.0456. The molecule has 0 aromatic heterocycles. The highest BCUT2D eigenvalue weighted by Crippen LogP contribution is 2.31. The third-order valence-electron chi connectivity index (χ3n) is 2.64. The summed E-state index contributed by atoms with van der Waals surface area (Å²) in [6.45, 7) is 0.344. The number of phenolic OH excluding ortho intramolecular Hbond substituents is 1. The fourth-order valence-electron chi connectivity index (χ4n) is 1.92. The van der Waals surface area contributed by atoms with Gasteiger partial charge < -0.3 is 14.6 Å². The van der Waals surface area contributed by atoms with Crippen LogP contribution in [0.15, 0.2) is 24.0 Å². The summed E-state index contributed by atoms with van der Waals surface area (Å²) in [6.07, 6.45) is 2.81. The lowest BCUT2D eigenvalue weighted by atomic mass is 9.94. The van der Waals surface area contributed by atoms with Gasteiger partial charge in [-0.2, -0.15) is 0 Å². The lowest BCUT2D eigenvalue weighted by Gasteiger charge is -2.17. The van der Waals surface area contributed by atoms with E-state index in [-0.39, 0.29) is 6.10 Å². The van der Waals surface area contributed by atoms with E-state index in [2.05, 4.69) is 0 Å². The molecule has 0 bridgehead atoms. The monoisotopic (exact) mass is 190 g/mol. The first-order valence-corrected chi connectivity index (χ1v) is 4.61. The zero-order valence-electron chi connectivity index (χ0n) is 7.56. The standard InChI is InChI=1S/C11H10O3/c12-9-2-1-7-4-10-11(14-6-13-10)5-8(7)3-9/h1-4,11-12H,5-6H2. The summed E-state index contributed by atoms with van der Waals surface area (Å²) < 4.78 is 10.7. The lowest BCUT2D eigenvalue weighted by molar-refractivity contribution is 0.0502. The Morgan fingerprint density at radius 3 is 3.21 bits per heavy atom.